The lowest BCUT2D eigenvalue weighted by Gasteiger charge is -2.05. The van der Waals surface area contributed by atoms with Crippen LogP contribution in [-0.2, 0) is 11.4 Å². The van der Waals surface area contributed by atoms with Gasteiger partial charge in [-0.1, -0.05) is 28.8 Å². The molecule has 0 atom stereocenters. The molecule has 0 radical (unpaired) electrons. The van der Waals surface area contributed by atoms with Crippen molar-refractivity contribution in [3.8, 4) is 17.0 Å². The fourth-order valence-electron chi connectivity index (χ4n) is 2.71. The molecule has 30 heavy (non-hydrogen) atoms. The number of rotatable bonds is 7. The molecule has 8 heteroatoms. The van der Waals surface area contributed by atoms with Crippen molar-refractivity contribution in [3.05, 3.63) is 81.6 Å². The van der Waals surface area contributed by atoms with E-state index in [9.17, 15) is 4.79 Å². The molecule has 4 aromatic rings. The Hall–Kier alpha value is -3.36. The molecule has 0 saturated carbocycles. The van der Waals surface area contributed by atoms with Gasteiger partial charge < -0.3 is 10.1 Å². The molecular weight excluding hydrogens is 416 g/mol. The van der Waals surface area contributed by atoms with Crippen molar-refractivity contribution >= 4 is 40.5 Å². The molecule has 6 nitrogen and oxygen atoms in total. The third-order valence-electron chi connectivity index (χ3n) is 4.15. The molecule has 150 valence electrons. The Morgan fingerprint density at radius 2 is 2.03 bits per heavy atom. The summed E-state index contributed by atoms with van der Waals surface area (Å²) in [7, 11) is 0. The molecule has 0 spiro atoms. The van der Waals surface area contributed by atoms with Gasteiger partial charge in [-0.15, -0.1) is 16.4 Å². The van der Waals surface area contributed by atoms with E-state index < -0.39 is 0 Å². The number of anilines is 1. The van der Waals surface area contributed by atoms with Crippen LogP contribution in [0.3, 0.4) is 0 Å². The van der Waals surface area contributed by atoms with Gasteiger partial charge in [0.05, 0.1) is 10.7 Å². The Labute approximate surface area is 182 Å². The van der Waals surface area contributed by atoms with Gasteiger partial charge in [0.25, 0.3) is 0 Å². The van der Waals surface area contributed by atoms with E-state index in [2.05, 4.69) is 19.9 Å². The SMILES string of the molecule is Cc1nc(COc2cccc(/C=C/C(=O)Nc3ccc(-c4csnn4)cc3)c2)cs1. The molecule has 2 heterocycles. The third-order valence-corrected chi connectivity index (χ3v) is 5.47. The average molecular weight is 435 g/mol. The lowest BCUT2D eigenvalue weighted by atomic mass is 10.1. The summed E-state index contributed by atoms with van der Waals surface area (Å²) in [5, 5.41) is 11.8. The summed E-state index contributed by atoms with van der Waals surface area (Å²) in [5.74, 6) is 0.526. The number of carbonyl (C=O) groups is 1. The number of nitrogens with one attached hydrogen (secondary N) is 1. The fraction of sp³-hybridized carbons (Fsp3) is 0.0909. The van der Waals surface area contributed by atoms with Crippen molar-refractivity contribution in [2.45, 2.75) is 13.5 Å². The first-order chi connectivity index (χ1) is 14.7. The molecule has 0 saturated heterocycles. The van der Waals surface area contributed by atoms with Crippen LogP contribution < -0.4 is 10.1 Å². The maximum Gasteiger partial charge on any atom is 0.248 e. The highest BCUT2D eigenvalue weighted by atomic mass is 32.1. The molecule has 2 aromatic heterocycles. The van der Waals surface area contributed by atoms with Gasteiger partial charge in [0, 0.05) is 28.1 Å². The summed E-state index contributed by atoms with van der Waals surface area (Å²) in [5.41, 5.74) is 4.29. The largest absolute Gasteiger partial charge is 0.487 e. The highest BCUT2D eigenvalue weighted by Gasteiger charge is 2.03. The van der Waals surface area contributed by atoms with Gasteiger partial charge in [-0.3, -0.25) is 4.79 Å². The van der Waals surface area contributed by atoms with E-state index >= 15 is 0 Å². The lowest BCUT2D eigenvalue weighted by molar-refractivity contribution is -0.111. The van der Waals surface area contributed by atoms with Gasteiger partial charge in [-0.2, -0.15) is 0 Å². The van der Waals surface area contributed by atoms with E-state index in [4.69, 9.17) is 4.74 Å². The molecule has 0 fully saturated rings. The average Bonchev–Trinajstić information content (AvgIpc) is 3.44. The number of hydrogen-bond donors (Lipinski definition) is 1. The first-order valence-electron chi connectivity index (χ1n) is 9.16. The molecule has 2 aromatic carbocycles. The normalized spacial score (nSPS) is 11.0. The number of ether oxygens (including phenoxy) is 1. The van der Waals surface area contributed by atoms with Gasteiger partial charge in [-0.05, 0) is 54.4 Å². The summed E-state index contributed by atoms with van der Waals surface area (Å²) in [6.45, 7) is 2.39. The Balaban J connectivity index is 1.33. The van der Waals surface area contributed by atoms with Crippen molar-refractivity contribution in [2.24, 2.45) is 0 Å². The lowest BCUT2D eigenvalue weighted by Crippen LogP contribution is -2.07. The molecule has 0 unspecified atom stereocenters. The first kappa shape index (κ1) is 19.9. The molecule has 1 N–H and O–H groups in total. The van der Waals surface area contributed by atoms with Gasteiger partial charge >= 0.3 is 0 Å². The van der Waals surface area contributed by atoms with Crippen molar-refractivity contribution in [3.63, 3.8) is 0 Å². The number of aromatic nitrogens is 3. The topological polar surface area (TPSA) is 77.0 Å². The Bertz CT molecular complexity index is 1150. The Kier molecular flexibility index (Phi) is 6.26. The van der Waals surface area contributed by atoms with Crippen LogP contribution in [0, 0.1) is 6.92 Å². The van der Waals surface area contributed by atoms with Gasteiger partial charge in [0.1, 0.15) is 18.1 Å². The van der Waals surface area contributed by atoms with E-state index in [0.29, 0.717) is 12.3 Å². The first-order valence-corrected chi connectivity index (χ1v) is 10.9. The fourth-order valence-corrected chi connectivity index (χ4v) is 3.77. The van der Waals surface area contributed by atoms with Crippen LogP contribution in [0.15, 0.2) is 65.4 Å². The Morgan fingerprint density at radius 3 is 2.77 bits per heavy atom. The predicted octanol–water partition coefficient (Wildman–Crippen LogP) is 5.20. The highest BCUT2D eigenvalue weighted by molar-refractivity contribution is 7.09. The minimum Gasteiger partial charge on any atom is -0.487 e. The summed E-state index contributed by atoms with van der Waals surface area (Å²) in [4.78, 5) is 16.6. The van der Waals surface area contributed by atoms with Crippen molar-refractivity contribution in [2.75, 3.05) is 5.32 Å². The molecule has 0 aliphatic heterocycles. The number of aryl methyl sites for hydroxylation is 1. The molecule has 0 bridgehead atoms. The van der Waals surface area contributed by atoms with Crippen molar-refractivity contribution in [1.29, 1.82) is 0 Å². The van der Waals surface area contributed by atoms with Crippen LogP contribution in [0.4, 0.5) is 5.69 Å². The van der Waals surface area contributed by atoms with Crippen LogP contribution in [0.1, 0.15) is 16.3 Å². The zero-order chi connectivity index (χ0) is 20.8. The number of benzene rings is 2. The van der Waals surface area contributed by atoms with Crippen LogP contribution in [0.25, 0.3) is 17.3 Å². The minimum absolute atomic E-state index is 0.206. The van der Waals surface area contributed by atoms with E-state index in [1.54, 1.807) is 17.4 Å². The second-order valence-electron chi connectivity index (χ2n) is 6.41. The zero-order valence-corrected chi connectivity index (χ0v) is 17.7. The van der Waals surface area contributed by atoms with Crippen LogP contribution in [0.5, 0.6) is 5.75 Å². The molecule has 0 aliphatic rings. The maximum absolute atomic E-state index is 12.2. The molecular formula is C22H18N4O2S2. The number of amides is 1. The third kappa shape index (κ3) is 5.37. The summed E-state index contributed by atoms with van der Waals surface area (Å²) in [6, 6.07) is 15.1. The number of thiazole rings is 1. The smallest absolute Gasteiger partial charge is 0.248 e. The van der Waals surface area contributed by atoms with Gasteiger partial charge in [0.2, 0.25) is 5.91 Å². The van der Waals surface area contributed by atoms with Crippen LogP contribution >= 0.6 is 22.9 Å². The van der Waals surface area contributed by atoms with E-state index in [0.717, 1.165) is 33.3 Å². The molecule has 4 rings (SSSR count). The maximum atomic E-state index is 12.2. The molecule has 1 amide bonds. The van der Waals surface area contributed by atoms with E-state index in [1.807, 2.05) is 66.2 Å². The highest BCUT2D eigenvalue weighted by Crippen LogP contribution is 2.20. The number of carbonyl (C=O) groups excluding carboxylic acids is 1. The van der Waals surface area contributed by atoms with E-state index in [1.165, 1.54) is 17.6 Å². The second-order valence-corrected chi connectivity index (χ2v) is 8.08. The van der Waals surface area contributed by atoms with E-state index in [-0.39, 0.29) is 5.91 Å². The van der Waals surface area contributed by atoms with Crippen LogP contribution in [-0.4, -0.2) is 20.5 Å². The quantitative estimate of drug-likeness (QED) is 0.405. The number of nitrogens with zero attached hydrogens (tertiary/aromatic N) is 3. The van der Waals surface area contributed by atoms with Crippen molar-refractivity contribution in [1.82, 2.24) is 14.6 Å². The summed E-state index contributed by atoms with van der Waals surface area (Å²) >= 11 is 2.91. The standard InChI is InChI=1S/C22H18N4O2S2/c1-15-23-19(13-29-15)12-28-20-4-2-3-16(11-20)5-10-22(27)24-18-8-6-17(7-9-18)21-14-30-26-25-21/h2-11,13-14H,12H2,1H3,(H,24,27)/b10-5+. The monoisotopic (exact) mass is 434 g/mol. The minimum atomic E-state index is -0.206. The van der Waals surface area contributed by atoms with Crippen molar-refractivity contribution < 1.29 is 9.53 Å². The zero-order valence-electron chi connectivity index (χ0n) is 16.1. The van der Waals surface area contributed by atoms with Gasteiger partial charge in [-0.25, -0.2) is 4.98 Å². The number of hydrogen-bond acceptors (Lipinski definition) is 7. The summed E-state index contributed by atoms with van der Waals surface area (Å²) in [6.07, 6.45) is 3.26. The van der Waals surface area contributed by atoms with Gasteiger partial charge in [0.15, 0.2) is 0 Å². The van der Waals surface area contributed by atoms with Crippen LogP contribution in [0.2, 0.25) is 0 Å². The molecule has 0 aliphatic carbocycles. The second kappa shape index (κ2) is 9.43. The summed E-state index contributed by atoms with van der Waals surface area (Å²) < 4.78 is 9.65. The Morgan fingerprint density at radius 1 is 1.17 bits per heavy atom. The predicted molar refractivity (Wildman–Crippen MR) is 121 cm³/mol.